The van der Waals surface area contributed by atoms with Crippen molar-refractivity contribution in [1.82, 2.24) is 0 Å². The van der Waals surface area contributed by atoms with E-state index in [4.69, 9.17) is 11.6 Å². The van der Waals surface area contributed by atoms with Gasteiger partial charge in [0.2, 0.25) is 0 Å². The number of hydrogen-bond donors (Lipinski definition) is 0. The molecule has 0 spiro atoms. The average molecular weight is 311 g/mol. The molecule has 112 valence electrons. The van der Waals surface area contributed by atoms with Gasteiger partial charge in [-0.3, -0.25) is 0 Å². The molecule has 0 unspecified atom stereocenters. The van der Waals surface area contributed by atoms with Gasteiger partial charge in [-0.2, -0.15) is 5.26 Å². The van der Waals surface area contributed by atoms with Gasteiger partial charge in [0.25, 0.3) is 0 Å². The zero-order valence-electron chi connectivity index (χ0n) is 12.9. The minimum Gasteiger partial charge on any atom is -0.372 e. The van der Waals surface area contributed by atoms with Crippen LogP contribution < -0.4 is 4.90 Å². The maximum atomic E-state index is 9.38. The van der Waals surface area contributed by atoms with Crippen molar-refractivity contribution in [2.75, 3.05) is 18.0 Å². The van der Waals surface area contributed by atoms with Crippen LogP contribution in [-0.4, -0.2) is 13.1 Å². The molecule has 0 atom stereocenters. The third-order valence-electron chi connectivity index (χ3n) is 3.59. The molecule has 0 aromatic heterocycles. The molecular weight excluding hydrogens is 292 g/mol. The Hall–Kier alpha value is -2.24. The van der Waals surface area contributed by atoms with Crippen molar-refractivity contribution in [3.05, 3.63) is 64.7 Å². The average Bonchev–Trinajstić information content (AvgIpc) is 2.55. The molecule has 0 bridgehead atoms. The van der Waals surface area contributed by atoms with Crippen LogP contribution in [0, 0.1) is 11.3 Å². The summed E-state index contributed by atoms with van der Waals surface area (Å²) in [5.41, 5.74) is 3.65. The third-order valence-corrected chi connectivity index (χ3v) is 3.82. The van der Waals surface area contributed by atoms with Gasteiger partial charge in [-0.15, -0.1) is 0 Å². The van der Waals surface area contributed by atoms with Crippen molar-refractivity contribution in [2.45, 2.75) is 13.8 Å². The molecule has 0 saturated heterocycles. The molecule has 22 heavy (non-hydrogen) atoms. The van der Waals surface area contributed by atoms with Gasteiger partial charge in [-0.05, 0) is 55.3 Å². The number of benzene rings is 2. The second kappa shape index (κ2) is 7.68. The number of anilines is 1. The summed E-state index contributed by atoms with van der Waals surface area (Å²) < 4.78 is 0. The van der Waals surface area contributed by atoms with Gasteiger partial charge < -0.3 is 4.90 Å². The minimum atomic E-state index is 0.609. The van der Waals surface area contributed by atoms with Crippen molar-refractivity contribution in [1.29, 1.82) is 5.26 Å². The largest absolute Gasteiger partial charge is 0.372 e. The molecule has 2 aromatic carbocycles. The van der Waals surface area contributed by atoms with Crippen LogP contribution in [-0.2, 0) is 0 Å². The number of rotatable bonds is 5. The van der Waals surface area contributed by atoms with Crippen molar-refractivity contribution < 1.29 is 0 Å². The molecule has 0 fully saturated rings. The Kier molecular flexibility index (Phi) is 5.63. The molecule has 2 aromatic rings. The first-order chi connectivity index (χ1) is 10.7. The summed E-state index contributed by atoms with van der Waals surface area (Å²) in [4.78, 5) is 2.29. The van der Waals surface area contributed by atoms with E-state index in [9.17, 15) is 5.26 Å². The maximum absolute atomic E-state index is 9.38. The van der Waals surface area contributed by atoms with Crippen molar-refractivity contribution in [3.8, 4) is 6.07 Å². The van der Waals surface area contributed by atoms with Crippen LogP contribution in [0.3, 0.4) is 0 Å². The van der Waals surface area contributed by atoms with E-state index in [-0.39, 0.29) is 0 Å². The SMILES string of the molecule is CCN(CC)c1ccc(/C=C(/C#N)c2cccc(Cl)c2)cc1. The van der Waals surface area contributed by atoms with Crippen LogP contribution in [0.4, 0.5) is 5.69 Å². The van der Waals surface area contributed by atoms with Gasteiger partial charge in [-0.1, -0.05) is 35.9 Å². The lowest BCUT2D eigenvalue weighted by molar-refractivity contribution is 0.866. The van der Waals surface area contributed by atoms with Gasteiger partial charge in [0.1, 0.15) is 0 Å². The maximum Gasteiger partial charge on any atom is 0.0998 e. The fourth-order valence-electron chi connectivity index (χ4n) is 2.37. The number of halogens is 1. The lowest BCUT2D eigenvalue weighted by atomic mass is 10.0. The smallest absolute Gasteiger partial charge is 0.0998 e. The Balaban J connectivity index is 2.29. The highest BCUT2D eigenvalue weighted by Crippen LogP contribution is 2.22. The van der Waals surface area contributed by atoms with Gasteiger partial charge in [0, 0.05) is 23.8 Å². The number of allylic oxidation sites excluding steroid dienone is 1. The van der Waals surface area contributed by atoms with E-state index in [1.807, 2.05) is 30.3 Å². The first-order valence-electron chi connectivity index (χ1n) is 7.40. The quantitative estimate of drug-likeness (QED) is 0.557. The van der Waals surface area contributed by atoms with E-state index < -0.39 is 0 Å². The first kappa shape index (κ1) is 16.1. The standard InChI is InChI=1S/C19H19ClN2/c1-3-22(4-2)19-10-8-15(9-11-19)12-17(14-21)16-6-5-7-18(20)13-16/h5-13H,3-4H2,1-2H3/b17-12-. The fraction of sp³-hybridized carbons (Fsp3) is 0.211. The normalized spacial score (nSPS) is 11.1. The lowest BCUT2D eigenvalue weighted by Gasteiger charge is -2.20. The van der Waals surface area contributed by atoms with Crippen LogP contribution in [0.1, 0.15) is 25.0 Å². The van der Waals surface area contributed by atoms with Gasteiger partial charge in [0.15, 0.2) is 0 Å². The van der Waals surface area contributed by atoms with E-state index >= 15 is 0 Å². The predicted octanol–water partition coefficient (Wildman–Crippen LogP) is 5.25. The van der Waals surface area contributed by atoms with Crippen LogP contribution in [0.2, 0.25) is 5.02 Å². The van der Waals surface area contributed by atoms with E-state index in [1.54, 1.807) is 12.1 Å². The Morgan fingerprint density at radius 3 is 2.36 bits per heavy atom. The number of nitriles is 1. The monoisotopic (exact) mass is 310 g/mol. The summed E-state index contributed by atoms with van der Waals surface area (Å²) >= 11 is 5.99. The topological polar surface area (TPSA) is 27.0 Å². The van der Waals surface area contributed by atoms with Crippen LogP contribution in [0.25, 0.3) is 11.6 Å². The van der Waals surface area contributed by atoms with Crippen LogP contribution in [0.15, 0.2) is 48.5 Å². The highest BCUT2D eigenvalue weighted by Gasteiger charge is 2.04. The summed E-state index contributed by atoms with van der Waals surface area (Å²) in [6, 6.07) is 17.9. The molecule has 0 aliphatic carbocycles. The summed E-state index contributed by atoms with van der Waals surface area (Å²) in [5, 5.41) is 10.0. The Morgan fingerprint density at radius 1 is 1.14 bits per heavy atom. The van der Waals surface area contributed by atoms with Crippen molar-refractivity contribution in [3.63, 3.8) is 0 Å². The Labute approximate surface area is 137 Å². The second-order valence-electron chi connectivity index (χ2n) is 4.94. The molecular formula is C19H19ClN2. The molecule has 0 radical (unpaired) electrons. The van der Waals surface area contributed by atoms with Gasteiger partial charge in [0.05, 0.1) is 11.6 Å². The Morgan fingerprint density at radius 2 is 1.82 bits per heavy atom. The predicted molar refractivity (Wildman–Crippen MR) is 94.9 cm³/mol. The van der Waals surface area contributed by atoms with Crippen molar-refractivity contribution >= 4 is 28.9 Å². The lowest BCUT2D eigenvalue weighted by Crippen LogP contribution is -2.21. The van der Waals surface area contributed by atoms with Crippen molar-refractivity contribution in [2.24, 2.45) is 0 Å². The van der Waals surface area contributed by atoms with Gasteiger partial charge in [-0.25, -0.2) is 0 Å². The molecule has 0 N–H and O–H groups in total. The van der Waals surface area contributed by atoms with Crippen LogP contribution in [0.5, 0.6) is 0 Å². The summed E-state index contributed by atoms with van der Waals surface area (Å²) in [7, 11) is 0. The molecule has 0 amide bonds. The van der Waals surface area contributed by atoms with E-state index in [0.29, 0.717) is 10.6 Å². The molecule has 0 saturated carbocycles. The van der Waals surface area contributed by atoms with Crippen LogP contribution >= 0.6 is 11.6 Å². The molecule has 3 heteroatoms. The third kappa shape index (κ3) is 3.90. The molecule has 2 nitrogen and oxygen atoms in total. The highest BCUT2D eigenvalue weighted by molar-refractivity contribution is 6.30. The second-order valence-corrected chi connectivity index (χ2v) is 5.38. The summed E-state index contributed by atoms with van der Waals surface area (Å²) in [6.07, 6.45) is 1.89. The van der Waals surface area contributed by atoms with E-state index in [1.165, 1.54) is 5.69 Å². The molecule has 0 heterocycles. The zero-order chi connectivity index (χ0) is 15.9. The highest BCUT2D eigenvalue weighted by atomic mass is 35.5. The molecule has 2 rings (SSSR count). The fourth-order valence-corrected chi connectivity index (χ4v) is 2.56. The van der Waals surface area contributed by atoms with E-state index in [0.717, 1.165) is 24.2 Å². The molecule has 0 aliphatic heterocycles. The number of hydrogen-bond acceptors (Lipinski definition) is 2. The number of nitrogens with zero attached hydrogens (tertiary/aromatic N) is 2. The van der Waals surface area contributed by atoms with E-state index in [2.05, 4.69) is 36.9 Å². The summed E-state index contributed by atoms with van der Waals surface area (Å²) in [6.45, 7) is 6.25. The Bertz CT molecular complexity index is 692. The van der Waals surface area contributed by atoms with Gasteiger partial charge >= 0.3 is 0 Å². The molecule has 0 aliphatic rings. The zero-order valence-corrected chi connectivity index (χ0v) is 13.6. The minimum absolute atomic E-state index is 0.609. The summed E-state index contributed by atoms with van der Waals surface area (Å²) in [5.74, 6) is 0. The first-order valence-corrected chi connectivity index (χ1v) is 7.78.